The van der Waals surface area contributed by atoms with Crippen molar-refractivity contribution in [3.63, 3.8) is 0 Å². The lowest BCUT2D eigenvalue weighted by Crippen LogP contribution is -2.43. The average Bonchev–Trinajstić information content (AvgIpc) is 3.07. The molecule has 0 saturated carbocycles. The fraction of sp³-hybridized carbons (Fsp3) is 0.321. The molecule has 1 amide bonds. The van der Waals surface area contributed by atoms with Crippen molar-refractivity contribution in [2.75, 3.05) is 25.2 Å². The predicted octanol–water partition coefficient (Wildman–Crippen LogP) is 5.47. The summed E-state index contributed by atoms with van der Waals surface area (Å²) in [6, 6.07) is 17.3. The minimum Gasteiger partial charge on any atom is -0.493 e. The van der Waals surface area contributed by atoms with Gasteiger partial charge in [0.25, 0.3) is 5.91 Å². The Morgan fingerprint density at radius 3 is 2.33 bits per heavy atom. The van der Waals surface area contributed by atoms with Crippen molar-refractivity contribution in [3.05, 3.63) is 72.0 Å². The number of methoxy groups -OCH3 is 1. The Morgan fingerprint density at radius 2 is 1.67 bits per heavy atom. The van der Waals surface area contributed by atoms with Crippen molar-refractivity contribution < 1.29 is 23.4 Å². The minimum atomic E-state index is -0.618. The van der Waals surface area contributed by atoms with E-state index in [1.807, 2.05) is 0 Å². The van der Waals surface area contributed by atoms with Crippen LogP contribution in [0.3, 0.4) is 0 Å². The minimum absolute atomic E-state index is 0.0544. The van der Waals surface area contributed by atoms with E-state index in [-0.39, 0.29) is 17.5 Å². The van der Waals surface area contributed by atoms with Gasteiger partial charge in [-0.3, -0.25) is 4.79 Å². The molecule has 3 aromatic carbocycles. The molecule has 2 heterocycles. The molecule has 3 N–H and O–H groups in total. The third-order valence-electron chi connectivity index (χ3n) is 7.08. The largest absolute Gasteiger partial charge is 0.493 e. The summed E-state index contributed by atoms with van der Waals surface area (Å²) in [5, 5.41) is 2.62. The number of hydrogen-bond acceptors (Lipinski definition) is 6. The van der Waals surface area contributed by atoms with Crippen molar-refractivity contribution in [1.82, 2.24) is 4.90 Å². The van der Waals surface area contributed by atoms with Crippen LogP contribution in [0.4, 0.5) is 15.8 Å². The van der Waals surface area contributed by atoms with Crippen molar-refractivity contribution in [2.45, 2.75) is 43.9 Å². The lowest BCUT2D eigenvalue weighted by molar-refractivity contribution is 0.0661. The zero-order valence-electron chi connectivity index (χ0n) is 20.4. The fourth-order valence-corrected chi connectivity index (χ4v) is 5.09. The number of amides is 1. The molecular formula is C28H30FN3O4. The Labute approximate surface area is 210 Å². The van der Waals surface area contributed by atoms with E-state index >= 15 is 0 Å². The maximum absolute atomic E-state index is 14.7. The summed E-state index contributed by atoms with van der Waals surface area (Å²) in [7, 11) is 3.70. The van der Waals surface area contributed by atoms with Crippen LogP contribution in [0.2, 0.25) is 0 Å². The van der Waals surface area contributed by atoms with E-state index in [0.29, 0.717) is 34.8 Å². The van der Waals surface area contributed by atoms with Gasteiger partial charge in [0.2, 0.25) is 0 Å². The molecule has 188 valence electrons. The van der Waals surface area contributed by atoms with Gasteiger partial charge in [0.05, 0.1) is 12.8 Å². The van der Waals surface area contributed by atoms with E-state index < -0.39 is 11.7 Å². The zero-order valence-corrected chi connectivity index (χ0v) is 20.4. The van der Waals surface area contributed by atoms with Crippen LogP contribution in [0, 0.1) is 5.82 Å². The summed E-state index contributed by atoms with van der Waals surface area (Å²) in [4.78, 5) is 15.2. The molecular weight excluding hydrogens is 461 g/mol. The second-order valence-electron chi connectivity index (χ2n) is 9.39. The van der Waals surface area contributed by atoms with E-state index in [1.165, 1.54) is 32.1 Å². The molecule has 0 radical (unpaired) electrons. The van der Waals surface area contributed by atoms with Crippen LogP contribution in [0.5, 0.6) is 23.0 Å². The number of halogens is 1. The number of fused-ring (bicyclic) bond motifs is 2. The Hall–Kier alpha value is -3.78. The molecule has 3 aromatic rings. The molecule has 0 aromatic heterocycles. The number of benzene rings is 3. The quantitative estimate of drug-likeness (QED) is 0.427. The number of nitrogens with one attached hydrogen (secondary N) is 1. The summed E-state index contributed by atoms with van der Waals surface area (Å²) in [6.45, 7) is 0. The molecule has 2 aliphatic rings. The first-order chi connectivity index (χ1) is 17.4. The predicted molar refractivity (Wildman–Crippen MR) is 136 cm³/mol. The molecule has 0 spiro atoms. The first-order valence-corrected chi connectivity index (χ1v) is 12.1. The maximum Gasteiger partial charge on any atom is 0.255 e. The van der Waals surface area contributed by atoms with Crippen LogP contribution in [0.15, 0.2) is 60.7 Å². The maximum atomic E-state index is 14.7. The topological polar surface area (TPSA) is 86.1 Å². The molecule has 2 atom stereocenters. The molecule has 5 rings (SSSR count). The molecule has 0 aliphatic carbocycles. The molecule has 8 heteroatoms. The second-order valence-corrected chi connectivity index (χ2v) is 9.39. The van der Waals surface area contributed by atoms with E-state index in [1.54, 1.807) is 48.5 Å². The van der Waals surface area contributed by atoms with Gasteiger partial charge in [-0.1, -0.05) is 0 Å². The van der Waals surface area contributed by atoms with Crippen molar-refractivity contribution in [2.24, 2.45) is 0 Å². The highest BCUT2D eigenvalue weighted by molar-refractivity contribution is 6.04. The van der Waals surface area contributed by atoms with Crippen LogP contribution >= 0.6 is 0 Å². The van der Waals surface area contributed by atoms with Crippen LogP contribution < -0.4 is 25.3 Å². The molecule has 2 aliphatic heterocycles. The van der Waals surface area contributed by atoms with Gasteiger partial charge in [-0.15, -0.1) is 0 Å². The highest BCUT2D eigenvalue weighted by Gasteiger charge is 2.39. The van der Waals surface area contributed by atoms with Crippen LogP contribution in [0.1, 0.15) is 36.0 Å². The van der Waals surface area contributed by atoms with Gasteiger partial charge in [0.1, 0.15) is 23.4 Å². The molecule has 36 heavy (non-hydrogen) atoms. The van der Waals surface area contributed by atoms with Gasteiger partial charge < -0.3 is 30.2 Å². The third kappa shape index (κ3) is 5.09. The van der Waals surface area contributed by atoms with E-state index in [9.17, 15) is 9.18 Å². The first-order valence-electron chi connectivity index (χ1n) is 12.1. The standard InChI is InChI=1S/C28H30FN3O4/c1-32-19-6-7-20(32)15-23(14-19)35-21-8-3-17(4-9-21)28(33)31-25-11-10-22(16-24(25)29)36-26-12-5-18(30)13-27(26)34-2/h3-5,8-13,16,19-20,23H,6-7,14-15,30H2,1-2H3,(H,31,33). The first kappa shape index (κ1) is 23.9. The molecule has 7 nitrogen and oxygen atoms in total. The van der Waals surface area contributed by atoms with Crippen molar-refractivity contribution >= 4 is 17.3 Å². The highest BCUT2D eigenvalue weighted by atomic mass is 19.1. The van der Waals surface area contributed by atoms with Gasteiger partial charge >= 0.3 is 0 Å². The fourth-order valence-electron chi connectivity index (χ4n) is 5.09. The van der Waals surface area contributed by atoms with Crippen LogP contribution in [-0.2, 0) is 0 Å². The molecule has 2 bridgehead atoms. The number of nitrogen functional groups attached to an aromatic ring is 1. The summed E-state index contributed by atoms with van der Waals surface area (Å²) in [5.41, 5.74) is 6.75. The Morgan fingerprint density at radius 1 is 0.972 bits per heavy atom. The van der Waals surface area contributed by atoms with E-state index in [2.05, 4.69) is 17.3 Å². The Bertz CT molecular complexity index is 1240. The number of carbonyl (C=O) groups is 1. The van der Waals surface area contributed by atoms with E-state index in [4.69, 9.17) is 19.9 Å². The van der Waals surface area contributed by atoms with Crippen LogP contribution in [0.25, 0.3) is 0 Å². The van der Waals surface area contributed by atoms with Gasteiger partial charge in [-0.2, -0.15) is 0 Å². The molecule has 2 fully saturated rings. The number of piperidine rings is 1. The van der Waals surface area contributed by atoms with Gasteiger partial charge in [0.15, 0.2) is 11.5 Å². The average molecular weight is 492 g/mol. The second kappa shape index (κ2) is 10.1. The summed E-state index contributed by atoms with van der Waals surface area (Å²) in [6.07, 6.45) is 4.72. The van der Waals surface area contributed by atoms with Crippen LogP contribution in [-0.4, -0.2) is 43.2 Å². The summed E-state index contributed by atoms with van der Waals surface area (Å²) >= 11 is 0. The number of rotatable bonds is 7. The Kier molecular flexibility index (Phi) is 6.69. The molecule has 2 saturated heterocycles. The zero-order chi connectivity index (χ0) is 25.2. The number of nitrogens with zero attached hydrogens (tertiary/aromatic N) is 1. The smallest absolute Gasteiger partial charge is 0.255 e. The SMILES string of the molecule is COc1cc(N)ccc1Oc1ccc(NC(=O)c2ccc(OC3CC4CCC(C3)N4C)cc2)c(F)c1. The van der Waals surface area contributed by atoms with E-state index in [0.717, 1.165) is 18.6 Å². The van der Waals surface area contributed by atoms with Gasteiger partial charge in [0, 0.05) is 35.5 Å². The van der Waals surface area contributed by atoms with Crippen molar-refractivity contribution in [1.29, 1.82) is 0 Å². The lowest BCUT2D eigenvalue weighted by atomic mass is 10.0. The number of nitrogens with two attached hydrogens (primary N) is 1. The monoisotopic (exact) mass is 491 g/mol. The van der Waals surface area contributed by atoms with Gasteiger partial charge in [-0.05, 0) is 81.3 Å². The number of hydrogen-bond donors (Lipinski definition) is 2. The normalized spacial score (nSPS) is 21.1. The number of carbonyl (C=O) groups excluding carboxylic acids is 1. The van der Waals surface area contributed by atoms with Gasteiger partial charge in [-0.25, -0.2) is 4.39 Å². The van der Waals surface area contributed by atoms with Crippen molar-refractivity contribution in [3.8, 4) is 23.0 Å². The third-order valence-corrected chi connectivity index (χ3v) is 7.08. The molecule has 2 unspecified atom stereocenters. The lowest BCUT2D eigenvalue weighted by Gasteiger charge is -2.36. The highest BCUT2D eigenvalue weighted by Crippen LogP contribution is 2.36. The Balaban J connectivity index is 1.20. The summed E-state index contributed by atoms with van der Waals surface area (Å²) in [5.74, 6) is 0.809. The number of anilines is 2. The number of ether oxygens (including phenoxy) is 3. The summed E-state index contributed by atoms with van der Waals surface area (Å²) < 4.78 is 31.9.